The quantitative estimate of drug-likeness (QED) is 0.342. The lowest BCUT2D eigenvalue weighted by molar-refractivity contribution is 0.171. The molecule has 0 unspecified atom stereocenters. The van der Waals surface area contributed by atoms with E-state index < -0.39 is 0 Å². The maximum Gasteiger partial charge on any atom is 0.201 e. The highest BCUT2D eigenvalue weighted by atomic mass is 35.5. The molecule has 6 nitrogen and oxygen atoms in total. The number of hydrogen-bond donors (Lipinski definition) is 3. The first-order valence-electron chi connectivity index (χ1n) is 10.9. The molecule has 0 radical (unpaired) electrons. The number of nitrogen functional groups attached to an aromatic ring is 1. The molecular formula is C25H26ClN5O. The van der Waals surface area contributed by atoms with Gasteiger partial charge in [-0.05, 0) is 60.2 Å². The largest absolute Gasteiger partial charge is 0.490 e. The van der Waals surface area contributed by atoms with Crippen LogP contribution in [0, 0.1) is 0 Å². The van der Waals surface area contributed by atoms with Crippen molar-refractivity contribution in [2.75, 3.05) is 29.0 Å². The molecule has 4 N–H and O–H groups in total. The molecule has 0 aliphatic carbocycles. The number of anilines is 3. The number of rotatable bonds is 6. The molecule has 5 rings (SSSR count). The molecule has 1 aromatic heterocycles. The number of piperidine rings is 1. The maximum absolute atomic E-state index is 6.11. The second-order valence-corrected chi connectivity index (χ2v) is 8.58. The van der Waals surface area contributed by atoms with Crippen LogP contribution in [0.5, 0.6) is 5.75 Å². The molecule has 0 bridgehead atoms. The molecule has 7 heteroatoms. The Bertz CT molecular complexity index is 1180. The third-order valence-corrected chi connectivity index (χ3v) is 6.08. The van der Waals surface area contributed by atoms with E-state index in [4.69, 9.17) is 22.1 Å². The van der Waals surface area contributed by atoms with E-state index in [-0.39, 0.29) is 6.10 Å². The Kier molecular flexibility index (Phi) is 5.77. The SMILES string of the molecule is Nc1ccc2nc(NCc3ccc(N4CCC(Oc5ccc(Cl)cc5)CC4)cc3)[nH]c2c1. The van der Waals surface area contributed by atoms with Crippen molar-refractivity contribution in [2.45, 2.75) is 25.5 Å². The fourth-order valence-corrected chi connectivity index (χ4v) is 4.18. The van der Waals surface area contributed by atoms with Gasteiger partial charge in [-0.3, -0.25) is 0 Å². The standard InChI is InChI=1S/C25H26ClN5O/c26-18-3-8-21(9-4-18)32-22-11-13-31(14-12-22)20-6-1-17(2-7-20)16-28-25-29-23-10-5-19(27)15-24(23)30-25/h1-10,15,22H,11-14,16,27H2,(H2,28,29,30). The van der Waals surface area contributed by atoms with Gasteiger partial charge in [0.05, 0.1) is 11.0 Å². The summed E-state index contributed by atoms with van der Waals surface area (Å²) in [4.78, 5) is 10.2. The molecule has 1 aliphatic rings. The summed E-state index contributed by atoms with van der Waals surface area (Å²) < 4.78 is 6.11. The minimum Gasteiger partial charge on any atom is -0.490 e. The Hall–Kier alpha value is -3.38. The molecule has 1 saturated heterocycles. The summed E-state index contributed by atoms with van der Waals surface area (Å²) in [5.74, 6) is 1.63. The van der Waals surface area contributed by atoms with Crippen molar-refractivity contribution in [3.05, 3.63) is 77.3 Å². The molecule has 1 fully saturated rings. The summed E-state index contributed by atoms with van der Waals surface area (Å²) >= 11 is 5.95. The number of aromatic nitrogens is 2. The van der Waals surface area contributed by atoms with E-state index >= 15 is 0 Å². The van der Waals surface area contributed by atoms with Gasteiger partial charge in [0.2, 0.25) is 5.95 Å². The van der Waals surface area contributed by atoms with Gasteiger partial charge in [-0.2, -0.15) is 0 Å². The number of nitrogens with zero attached hydrogens (tertiary/aromatic N) is 2. The van der Waals surface area contributed by atoms with Gasteiger partial charge >= 0.3 is 0 Å². The smallest absolute Gasteiger partial charge is 0.201 e. The molecule has 164 valence electrons. The third-order valence-electron chi connectivity index (χ3n) is 5.83. The molecule has 0 atom stereocenters. The number of hydrogen-bond acceptors (Lipinski definition) is 5. The van der Waals surface area contributed by atoms with Crippen LogP contribution in [0.3, 0.4) is 0 Å². The number of H-pyrrole nitrogens is 1. The summed E-state index contributed by atoms with van der Waals surface area (Å²) in [5, 5.41) is 4.09. The van der Waals surface area contributed by atoms with Gasteiger partial charge in [-0.15, -0.1) is 0 Å². The summed E-state index contributed by atoms with van der Waals surface area (Å²) in [5.41, 5.74) is 10.9. The number of imidazole rings is 1. The lowest BCUT2D eigenvalue weighted by Crippen LogP contribution is -2.38. The van der Waals surface area contributed by atoms with Crippen LogP contribution in [0.1, 0.15) is 18.4 Å². The lowest BCUT2D eigenvalue weighted by atomic mass is 10.1. The highest BCUT2D eigenvalue weighted by molar-refractivity contribution is 6.30. The van der Waals surface area contributed by atoms with Gasteiger partial charge in [0, 0.05) is 48.9 Å². The topological polar surface area (TPSA) is 79.2 Å². The van der Waals surface area contributed by atoms with E-state index in [1.807, 2.05) is 42.5 Å². The van der Waals surface area contributed by atoms with Crippen molar-refractivity contribution in [1.82, 2.24) is 9.97 Å². The van der Waals surface area contributed by atoms with Gasteiger partial charge in [-0.25, -0.2) is 4.98 Å². The van der Waals surface area contributed by atoms with Crippen LogP contribution in [0.15, 0.2) is 66.7 Å². The molecular weight excluding hydrogens is 422 g/mol. The average molecular weight is 448 g/mol. The van der Waals surface area contributed by atoms with Crippen LogP contribution in [0.25, 0.3) is 11.0 Å². The van der Waals surface area contributed by atoms with Crippen molar-refractivity contribution in [3.63, 3.8) is 0 Å². The van der Waals surface area contributed by atoms with Crippen LogP contribution in [0.2, 0.25) is 5.02 Å². The Morgan fingerprint density at radius 2 is 1.78 bits per heavy atom. The second kappa shape index (κ2) is 9.01. The zero-order valence-electron chi connectivity index (χ0n) is 17.7. The fraction of sp³-hybridized carbons (Fsp3) is 0.240. The molecule has 1 aliphatic heterocycles. The number of ether oxygens (including phenoxy) is 1. The fourth-order valence-electron chi connectivity index (χ4n) is 4.06. The summed E-state index contributed by atoms with van der Waals surface area (Å²) in [7, 11) is 0. The number of nitrogens with two attached hydrogens (primary N) is 1. The van der Waals surface area contributed by atoms with Crippen molar-refractivity contribution in [3.8, 4) is 5.75 Å². The molecule has 3 aromatic carbocycles. The Balaban J connectivity index is 1.13. The van der Waals surface area contributed by atoms with E-state index in [0.29, 0.717) is 6.54 Å². The predicted molar refractivity (Wildman–Crippen MR) is 132 cm³/mol. The number of aromatic amines is 1. The molecule has 0 amide bonds. The van der Waals surface area contributed by atoms with E-state index in [0.717, 1.165) is 59.4 Å². The first-order chi connectivity index (χ1) is 15.6. The number of halogens is 1. The Morgan fingerprint density at radius 3 is 2.53 bits per heavy atom. The minimum absolute atomic E-state index is 0.245. The maximum atomic E-state index is 6.11. The second-order valence-electron chi connectivity index (χ2n) is 8.14. The highest BCUT2D eigenvalue weighted by Crippen LogP contribution is 2.25. The van der Waals surface area contributed by atoms with Crippen molar-refractivity contribution in [1.29, 1.82) is 0 Å². The first-order valence-corrected chi connectivity index (χ1v) is 11.3. The van der Waals surface area contributed by atoms with Crippen molar-refractivity contribution < 1.29 is 4.74 Å². The summed E-state index contributed by atoms with van der Waals surface area (Å²) in [6.07, 6.45) is 2.25. The van der Waals surface area contributed by atoms with E-state index in [9.17, 15) is 0 Å². The Morgan fingerprint density at radius 1 is 1.03 bits per heavy atom. The third kappa shape index (κ3) is 4.75. The number of benzene rings is 3. The predicted octanol–water partition coefficient (Wildman–Crippen LogP) is 5.46. The highest BCUT2D eigenvalue weighted by Gasteiger charge is 2.20. The van der Waals surface area contributed by atoms with E-state index in [2.05, 4.69) is 44.5 Å². The van der Waals surface area contributed by atoms with Gasteiger partial charge in [0.25, 0.3) is 0 Å². The summed E-state index contributed by atoms with van der Waals surface area (Å²) in [6, 6.07) is 22.0. The zero-order valence-corrected chi connectivity index (χ0v) is 18.5. The van der Waals surface area contributed by atoms with Crippen LogP contribution in [-0.2, 0) is 6.54 Å². The van der Waals surface area contributed by atoms with Gasteiger partial charge in [0.1, 0.15) is 11.9 Å². The van der Waals surface area contributed by atoms with Crippen LogP contribution < -0.4 is 20.7 Å². The molecule has 0 spiro atoms. The van der Waals surface area contributed by atoms with Crippen LogP contribution >= 0.6 is 11.6 Å². The van der Waals surface area contributed by atoms with Crippen molar-refractivity contribution in [2.24, 2.45) is 0 Å². The zero-order chi connectivity index (χ0) is 21.9. The minimum atomic E-state index is 0.245. The van der Waals surface area contributed by atoms with Crippen LogP contribution in [0.4, 0.5) is 17.3 Å². The Labute approximate surface area is 192 Å². The van der Waals surface area contributed by atoms with Crippen LogP contribution in [-0.4, -0.2) is 29.2 Å². The van der Waals surface area contributed by atoms with Gasteiger partial charge < -0.3 is 25.7 Å². The number of nitrogens with one attached hydrogen (secondary N) is 2. The molecule has 32 heavy (non-hydrogen) atoms. The average Bonchev–Trinajstić information content (AvgIpc) is 3.22. The summed E-state index contributed by atoms with van der Waals surface area (Å²) in [6.45, 7) is 2.67. The lowest BCUT2D eigenvalue weighted by Gasteiger charge is -2.33. The van der Waals surface area contributed by atoms with Crippen molar-refractivity contribution >= 4 is 40.0 Å². The van der Waals surface area contributed by atoms with Gasteiger partial charge in [0.15, 0.2) is 0 Å². The van der Waals surface area contributed by atoms with E-state index in [1.54, 1.807) is 0 Å². The number of fused-ring (bicyclic) bond motifs is 1. The normalized spacial score (nSPS) is 14.6. The monoisotopic (exact) mass is 447 g/mol. The molecule has 4 aromatic rings. The molecule has 2 heterocycles. The van der Waals surface area contributed by atoms with Gasteiger partial charge in [-0.1, -0.05) is 23.7 Å². The van der Waals surface area contributed by atoms with E-state index in [1.165, 1.54) is 11.3 Å². The molecule has 0 saturated carbocycles. The first kappa shape index (κ1) is 20.5.